The fraction of sp³-hybridized carbons (Fsp3) is 1.00. The summed E-state index contributed by atoms with van der Waals surface area (Å²) >= 11 is 0. The van der Waals surface area contributed by atoms with E-state index in [1.54, 1.807) is 0 Å². The molecule has 0 aromatic carbocycles. The summed E-state index contributed by atoms with van der Waals surface area (Å²) < 4.78 is 5.08. The van der Waals surface area contributed by atoms with Crippen LogP contribution in [0.4, 0.5) is 0 Å². The minimum absolute atomic E-state index is 0.720. The summed E-state index contributed by atoms with van der Waals surface area (Å²) in [4.78, 5) is 0. The van der Waals surface area contributed by atoms with Gasteiger partial charge in [0.15, 0.2) is 0 Å². The van der Waals surface area contributed by atoms with Crippen LogP contribution >= 0.6 is 8.88 Å². The molecule has 0 unspecified atom stereocenters. The molecular weight excluding hydrogens is 155 g/mol. The highest BCUT2D eigenvalue weighted by Crippen LogP contribution is 2.33. The molecule has 3 heteroatoms. The molecule has 0 spiro atoms. The van der Waals surface area contributed by atoms with E-state index in [0.29, 0.717) is 0 Å². The zero-order valence-corrected chi connectivity index (χ0v) is 8.96. The van der Waals surface area contributed by atoms with Crippen molar-refractivity contribution in [3.05, 3.63) is 0 Å². The number of hydrogen-bond acceptors (Lipinski definition) is 2. The molecule has 0 N–H and O–H groups in total. The Labute approximate surface area is 71.8 Å². The molecule has 1 heterocycles. The third-order valence-electron chi connectivity index (χ3n) is 2.09. The van der Waals surface area contributed by atoms with Crippen molar-refractivity contribution in [3.63, 3.8) is 0 Å². The molecule has 0 bridgehead atoms. The summed E-state index contributed by atoms with van der Waals surface area (Å²) in [7, 11) is 0.918. The zero-order valence-electron chi connectivity index (χ0n) is 7.96. The fourth-order valence-corrected chi connectivity index (χ4v) is 2.42. The minimum atomic E-state index is 0.720. The molecule has 0 aromatic heterocycles. The summed E-state index contributed by atoms with van der Waals surface area (Å²) in [6.45, 7) is 11.6. The Hall–Kier alpha value is 0.350. The molecule has 1 aliphatic heterocycles. The van der Waals surface area contributed by atoms with E-state index in [1.807, 2.05) is 0 Å². The Bertz CT molecular complexity index is 111. The molecule has 1 saturated heterocycles. The quantitative estimate of drug-likeness (QED) is 0.590. The largest absolute Gasteiger partial charge is 0.269 e. The monoisotopic (exact) mass is 174 g/mol. The van der Waals surface area contributed by atoms with Gasteiger partial charge in [0.1, 0.15) is 0 Å². The first kappa shape index (κ1) is 9.44. The van der Waals surface area contributed by atoms with Gasteiger partial charge in [-0.3, -0.25) is 9.34 Å². The van der Waals surface area contributed by atoms with Gasteiger partial charge in [-0.1, -0.05) is 0 Å². The van der Waals surface area contributed by atoms with Gasteiger partial charge in [-0.15, -0.1) is 0 Å². The minimum Gasteiger partial charge on any atom is -0.269 e. The lowest BCUT2D eigenvalue weighted by Gasteiger charge is -2.22. The maximum atomic E-state index is 2.54. The third kappa shape index (κ3) is 2.40. The molecule has 0 radical (unpaired) electrons. The normalized spacial score (nSPS) is 22.4. The van der Waals surface area contributed by atoms with Crippen LogP contribution in [0.25, 0.3) is 0 Å². The van der Waals surface area contributed by atoms with E-state index in [9.17, 15) is 0 Å². The average molecular weight is 174 g/mol. The van der Waals surface area contributed by atoms with Gasteiger partial charge in [0.05, 0.1) is 0 Å². The molecule has 0 saturated carbocycles. The average Bonchev–Trinajstić information content (AvgIpc) is 2.33. The van der Waals surface area contributed by atoms with Gasteiger partial charge >= 0.3 is 0 Å². The maximum absolute atomic E-state index is 2.54. The zero-order chi connectivity index (χ0) is 8.43. The molecule has 1 rings (SSSR count). The van der Waals surface area contributed by atoms with E-state index in [1.165, 1.54) is 13.1 Å². The Morgan fingerprint density at radius 1 is 0.909 bits per heavy atom. The molecule has 0 amide bonds. The van der Waals surface area contributed by atoms with Crippen molar-refractivity contribution in [2.45, 2.75) is 39.8 Å². The fourth-order valence-electron chi connectivity index (χ4n) is 1.23. The first-order chi connectivity index (χ1) is 5.11. The van der Waals surface area contributed by atoms with Crippen LogP contribution in [0.5, 0.6) is 0 Å². The van der Waals surface area contributed by atoms with Gasteiger partial charge in [-0.05, 0) is 27.7 Å². The first-order valence-electron chi connectivity index (χ1n) is 4.41. The SMILES string of the molecule is CC(C)N1CCN(C(C)C)P1. The molecular formula is C8H19N2P. The lowest BCUT2D eigenvalue weighted by atomic mass is 10.3. The highest BCUT2D eigenvalue weighted by Gasteiger charge is 2.23. The second kappa shape index (κ2) is 3.84. The van der Waals surface area contributed by atoms with Crippen LogP contribution < -0.4 is 0 Å². The first-order valence-corrected chi connectivity index (χ1v) is 5.30. The van der Waals surface area contributed by atoms with Gasteiger partial charge in [-0.25, -0.2) is 0 Å². The van der Waals surface area contributed by atoms with Crippen LogP contribution in [0.15, 0.2) is 0 Å². The lowest BCUT2D eigenvalue weighted by Crippen LogP contribution is -2.20. The maximum Gasteiger partial charge on any atom is 0.0246 e. The summed E-state index contributed by atoms with van der Waals surface area (Å²) in [6, 6.07) is 1.44. The molecule has 1 fully saturated rings. The van der Waals surface area contributed by atoms with Crippen molar-refractivity contribution in [2.75, 3.05) is 13.1 Å². The summed E-state index contributed by atoms with van der Waals surface area (Å²) in [5, 5.41) is 0. The number of nitrogens with zero attached hydrogens (tertiary/aromatic N) is 2. The van der Waals surface area contributed by atoms with Gasteiger partial charge in [0.2, 0.25) is 0 Å². The number of rotatable bonds is 2. The van der Waals surface area contributed by atoms with E-state index in [-0.39, 0.29) is 0 Å². The number of hydrogen-bond donors (Lipinski definition) is 0. The predicted octanol–water partition coefficient (Wildman–Crippen LogP) is 1.93. The second-order valence-electron chi connectivity index (χ2n) is 3.67. The van der Waals surface area contributed by atoms with Crippen molar-refractivity contribution in [1.29, 1.82) is 0 Å². The van der Waals surface area contributed by atoms with Crippen molar-refractivity contribution < 1.29 is 0 Å². The summed E-state index contributed by atoms with van der Waals surface area (Å²) in [5.74, 6) is 0. The standard InChI is InChI=1S/C8H19N2P/c1-7(2)9-5-6-10(11-9)8(3)4/h7-8,11H,5-6H2,1-4H3. The van der Waals surface area contributed by atoms with E-state index in [4.69, 9.17) is 0 Å². The Morgan fingerprint density at radius 2 is 1.27 bits per heavy atom. The van der Waals surface area contributed by atoms with Gasteiger partial charge in [0, 0.05) is 34.1 Å². The summed E-state index contributed by atoms with van der Waals surface area (Å²) in [5.41, 5.74) is 0. The molecule has 11 heavy (non-hydrogen) atoms. The van der Waals surface area contributed by atoms with Crippen LogP contribution in [0, 0.1) is 0 Å². The molecule has 0 aromatic rings. The van der Waals surface area contributed by atoms with E-state index >= 15 is 0 Å². The Balaban J connectivity index is 2.35. The topological polar surface area (TPSA) is 6.48 Å². The van der Waals surface area contributed by atoms with Gasteiger partial charge in [-0.2, -0.15) is 0 Å². The van der Waals surface area contributed by atoms with Crippen molar-refractivity contribution in [2.24, 2.45) is 0 Å². The van der Waals surface area contributed by atoms with E-state index in [0.717, 1.165) is 21.0 Å². The predicted molar refractivity (Wildman–Crippen MR) is 52.0 cm³/mol. The summed E-state index contributed by atoms with van der Waals surface area (Å²) in [6.07, 6.45) is 0. The molecule has 1 aliphatic rings. The highest BCUT2D eigenvalue weighted by atomic mass is 31.1. The van der Waals surface area contributed by atoms with Crippen molar-refractivity contribution in [3.8, 4) is 0 Å². The van der Waals surface area contributed by atoms with Crippen molar-refractivity contribution >= 4 is 8.88 Å². The second-order valence-corrected chi connectivity index (χ2v) is 5.02. The van der Waals surface area contributed by atoms with Crippen LogP contribution in [-0.2, 0) is 0 Å². The lowest BCUT2D eigenvalue weighted by molar-refractivity contribution is 0.390. The molecule has 2 nitrogen and oxygen atoms in total. The van der Waals surface area contributed by atoms with Crippen LogP contribution in [-0.4, -0.2) is 34.5 Å². The van der Waals surface area contributed by atoms with Crippen molar-refractivity contribution in [1.82, 2.24) is 9.34 Å². The molecule has 66 valence electrons. The smallest absolute Gasteiger partial charge is 0.0246 e. The van der Waals surface area contributed by atoms with Gasteiger partial charge < -0.3 is 0 Å². The van der Waals surface area contributed by atoms with Gasteiger partial charge in [0.25, 0.3) is 0 Å². The Kier molecular flexibility index (Phi) is 3.29. The van der Waals surface area contributed by atoms with Crippen LogP contribution in [0.1, 0.15) is 27.7 Å². The third-order valence-corrected chi connectivity index (χ3v) is 4.08. The molecule has 0 aliphatic carbocycles. The molecule has 0 atom stereocenters. The van der Waals surface area contributed by atoms with E-state index in [2.05, 4.69) is 37.0 Å². The van der Waals surface area contributed by atoms with E-state index < -0.39 is 0 Å². The Morgan fingerprint density at radius 3 is 1.45 bits per heavy atom. The highest BCUT2D eigenvalue weighted by molar-refractivity contribution is 7.32. The van der Waals surface area contributed by atoms with Crippen LogP contribution in [0.2, 0.25) is 0 Å². The van der Waals surface area contributed by atoms with Crippen LogP contribution in [0.3, 0.4) is 0 Å².